The van der Waals surface area contributed by atoms with Crippen LogP contribution in [0.3, 0.4) is 0 Å². The predicted molar refractivity (Wildman–Crippen MR) is 67.4 cm³/mol. The standard InChI is InChI=1S/C9H8N4O9/c10-4(9(15)16)1-3-2-5(11(17)18)8(14)7(13(21)22)6(3)12(19)20/h2,4,14H,1,10H2,(H,15,16). The molecule has 22 heavy (non-hydrogen) atoms. The molecule has 1 aromatic carbocycles. The quantitative estimate of drug-likeness (QED) is 0.474. The van der Waals surface area contributed by atoms with E-state index in [1.54, 1.807) is 0 Å². The first kappa shape index (κ1) is 16.7. The third-order valence-electron chi connectivity index (χ3n) is 2.63. The second-order valence-electron chi connectivity index (χ2n) is 4.02. The molecule has 0 spiro atoms. The van der Waals surface area contributed by atoms with E-state index in [0.717, 1.165) is 0 Å². The third kappa shape index (κ3) is 3.04. The molecule has 0 aliphatic rings. The summed E-state index contributed by atoms with van der Waals surface area (Å²) >= 11 is 0. The highest BCUT2D eigenvalue weighted by atomic mass is 16.6. The van der Waals surface area contributed by atoms with Crippen LogP contribution in [0.15, 0.2) is 6.07 Å². The molecule has 1 atom stereocenters. The molecule has 13 heteroatoms. The van der Waals surface area contributed by atoms with Gasteiger partial charge in [-0.15, -0.1) is 0 Å². The summed E-state index contributed by atoms with van der Waals surface area (Å²) in [6.07, 6.45) is -0.770. The number of hydrogen-bond donors (Lipinski definition) is 3. The first-order chi connectivity index (χ1) is 10.1. The molecule has 0 amide bonds. The minimum absolute atomic E-state index is 0.489. The van der Waals surface area contributed by atoms with Crippen molar-refractivity contribution in [1.82, 2.24) is 0 Å². The summed E-state index contributed by atoms with van der Waals surface area (Å²) in [4.78, 5) is 39.5. The van der Waals surface area contributed by atoms with Crippen LogP contribution in [0.2, 0.25) is 0 Å². The van der Waals surface area contributed by atoms with Crippen molar-refractivity contribution >= 4 is 23.0 Å². The summed E-state index contributed by atoms with van der Waals surface area (Å²) < 4.78 is 0. The molecule has 0 bridgehead atoms. The van der Waals surface area contributed by atoms with Crippen molar-refractivity contribution in [1.29, 1.82) is 0 Å². The van der Waals surface area contributed by atoms with Gasteiger partial charge in [-0.25, -0.2) is 0 Å². The van der Waals surface area contributed by atoms with Crippen molar-refractivity contribution in [3.8, 4) is 5.75 Å². The maximum Gasteiger partial charge on any atom is 0.394 e. The summed E-state index contributed by atoms with van der Waals surface area (Å²) in [5, 5.41) is 50.7. The van der Waals surface area contributed by atoms with Gasteiger partial charge in [0, 0.05) is 18.1 Å². The molecule has 0 heterocycles. The van der Waals surface area contributed by atoms with Crippen LogP contribution in [-0.2, 0) is 11.2 Å². The van der Waals surface area contributed by atoms with Gasteiger partial charge in [0.25, 0.3) is 5.75 Å². The highest BCUT2D eigenvalue weighted by Gasteiger charge is 2.39. The van der Waals surface area contributed by atoms with Crippen molar-refractivity contribution in [3.63, 3.8) is 0 Å². The number of carboxylic acids is 1. The molecule has 0 saturated heterocycles. The van der Waals surface area contributed by atoms with Crippen molar-refractivity contribution < 1.29 is 29.8 Å². The lowest BCUT2D eigenvalue weighted by atomic mass is 10.0. The summed E-state index contributed by atoms with van der Waals surface area (Å²) in [7, 11) is 0. The first-order valence-corrected chi connectivity index (χ1v) is 5.38. The molecule has 1 rings (SSSR count). The maximum atomic E-state index is 11.0. The smallest absolute Gasteiger partial charge is 0.394 e. The summed E-state index contributed by atoms with van der Waals surface area (Å²) in [5.74, 6) is -3.05. The Morgan fingerprint density at radius 2 is 1.64 bits per heavy atom. The minimum atomic E-state index is -1.68. The average Bonchev–Trinajstić information content (AvgIpc) is 2.38. The van der Waals surface area contributed by atoms with Gasteiger partial charge in [0.15, 0.2) is 0 Å². The lowest BCUT2D eigenvalue weighted by Crippen LogP contribution is -2.32. The Morgan fingerprint density at radius 1 is 1.14 bits per heavy atom. The topological polar surface area (TPSA) is 213 Å². The number of benzene rings is 1. The molecular formula is C9H8N4O9. The average molecular weight is 316 g/mol. The molecule has 0 saturated carbocycles. The van der Waals surface area contributed by atoms with Crippen molar-refractivity contribution in [2.24, 2.45) is 5.73 Å². The fourth-order valence-corrected chi connectivity index (χ4v) is 1.68. The normalized spacial score (nSPS) is 11.7. The zero-order valence-corrected chi connectivity index (χ0v) is 10.5. The van der Waals surface area contributed by atoms with Crippen LogP contribution in [0, 0.1) is 30.3 Å². The number of phenols is 1. The van der Waals surface area contributed by atoms with E-state index in [1.807, 2.05) is 0 Å². The molecule has 0 aromatic heterocycles. The van der Waals surface area contributed by atoms with E-state index in [2.05, 4.69) is 0 Å². The van der Waals surface area contributed by atoms with Crippen LogP contribution in [0.1, 0.15) is 5.56 Å². The number of nitrogens with zero attached hydrogens (tertiary/aromatic N) is 3. The maximum absolute atomic E-state index is 11.0. The van der Waals surface area contributed by atoms with Gasteiger partial charge in [-0.1, -0.05) is 0 Å². The second-order valence-corrected chi connectivity index (χ2v) is 4.02. The minimum Gasteiger partial charge on any atom is -0.497 e. The van der Waals surface area contributed by atoms with E-state index in [4.69, 9.17) is 10.8 Å². The van der Waals surface area contributed by atoms with Crippen LogP contribution in [0.25, 0.3) is 0 Å². The Morgan fingerprint density at radius 3 is 2.00 bits per heavy atom. The zero-order valence-electron chi connectivity index (χ0n) is 10.5. The molecule has 1 unspecified atom stereocenters. The lowest BCUT2D eigenvalue weighted by Gasteiger charge is -2.08. The molecule has 1 aromatic rings. The second kappa shape index (κ2) is 5.96. The van der Waals surface area contributed by atoms with Crippen molar-refractivity contribution in [2.75, 3.05) is 0 Å². The van der Waals surface area contributed by atoms with Gasteiger partial charge in [0.05, 0.1) is 14.8 Å². The number of aliphatic carboxylic acids is 1. The van der Waals surface area contributed by atoms with Crippen LogP contribution < -0.4 is 5.73 Å². The monoisotopic (exact) mass is 316 g/mol. The summed E-state index contributed by atoms with van der Waals surface area (Å²) in [5.41, 5.74) is 0.640. The molecule has 0 aliphatic carbocycles. The van der Waals surface area contributed by atoms with Gasteiger partial charge in [-0.2, -0.15) is 0 Å². The Balaban J connectivity index is 3.72. The van der Waals surface area contributed by atoms with E-state index in [-0.39, 0.29) is 0 Å². The Hall–Kier alpha value is -3.35. The molecular weight excluding hydrogens is 308 g/mol. The van der Waals surface area contributed by atoms with E-state index < -0.39 is 61.6 Å². The Bertz CT molecular complexity index is 686. The highest BCUT2D eigenvalue weighted by molar-refractivity contribution is 5.76. The molecule has 0 aliphatic heterocycles. The van der Waals surface area contributed by atoms with E-state index in [0.29, 0.717) is 6.07 Å². The van der Waals surface area contributed by atoms with E-state index >= 15 is 0 Å². The van der Waals surface area contributed by atoms with Crippen LogP contribution in [-0.4, -0.2) is 37.0 Å². The number of rotatable bonds is 6. The number of nitrogens with two attached hydrogens (primary N) is 1. The predicted octanol–water partition coefficient (Wildman–Crippen LogP) is 0.0712. The Labute approximate surface area is 120 Å². The van der Waals surface area contributed by atoms with Crippen LogP contribution in [0.4, 0.5) is 17.1 Å². The zero-order chi connectivity index (χ0) is 17.2. The van der Waals surface area contributed by atoms with Crippen LogP contribution in [0.5, 0.6) is 5.75 Å². The molecule has 4 N–H and O–H groups in total. The van der Waals surface area contributed by atoms with Gasteiger partial charge in [-0.3, -0.25) is 35.1 Å². The van der Waals surface area contributed by atoms with Gasteiger partial charge >= 0.3 is 23.0 Å². The molecule has 0 fully saturated rings. The fraction of sp³-hybridized carbons (Fsp3) is 0.222. The summed E-state index contributed by atoms with van der Waals surface area (Å²) in [6, 6.07) is -1.19. The van der Waals surface area contributed by atoms with Gasteiger partial charge in [0.1, 0.15) is 6.04 Å². The van der Waals surface area contributed by atoms with Crippen molar-refractivity contribution in [2.45, 2.75) is 12.5 Å². The number of hydrogen-bond acceptors (Lipinski definition) is 9. The highest BCUT2D eigenvalue weighted by Crippen LogP contribution is 2.45. The van der Waals surface area contributed by atoms with Crippen molar-refractivity contribution in [3.05, 3.63) is 42.0 Å². The summed E-state index contributed by atoms with van der Waals surface area (Å²) in [6.45, 7) is 0. The molecule has 0 radical (unpaired) electrons. The van der Waals surface area contributed by atoms with Gasteiger partial charge in [-0.05, 0) is 0 Å². The number of aromatic hydroxyl groups is 1. The van der Waals surface area contributed by atoms with Crippen LogP contribution >= 0.6 is 0 Å². The molecule has 13 nitrogen and oxygen atoms in total. The first-order valence-electron chi connectivity index (χ1n) is 5.38. The number of nitro benzene ring substituents is 3. The SMILES string of the molecule is NC(Cc1cc([N+](=O)[O-])c(O)c([N+](=O)[O-])c1[N+](=O)[O-])C(=O)O. The number of nitro groups is 3. The molecule has 118 valence electrons. The Kier molecular flexibility index (Phi) is 4.53. The third-order valence-corrected chi connectivity index (χ3v) is 2.63. The van der Waals surface area contributed by atoms with E-state index in [1.165, 1.54) is 0 Å². The fourth-order valence-electron chi connectivity index (χ4n) is 1.68. The lowest BCUT2D eigenvalue weighted by molar-refractivity contribution is -0.425. The number of phenolic OH excluding ortho intramolecular Hbond substituents is 1. The van der Waals surface area contributed by atoms with Gasteiger partial charge in [0.2, 0.25) is 0 Å². The largest absolute Gasteiger partial charge is 0.497 e. The number of carbonyl (C=O) groups is 1. The number of carboxylic acid groups (broad SMARTS) is 1. The van der Waals surface area contributed by atoms with Gasteiger partial charge < -0.3 is 15.9 Å². The van der Waals surface area contributed by atoms with E-state index in [9.17, 15) is 40.2 Å².